The summed E-state index contributed by atoms with van der Waals surface area (Å²) in [7, 11) is 0. The highest BCUT2D eigenvalue weighted by molar-refractivity contribution is 8.00. The number of hydrogen-bond donors (Lipinski definition) is 2. The van der Waals surface area contributed by atoms with Crippen LogP contribution in [0.4, 0.5) is 5.69 Å². The molecule has 1 aromatic carbocycles. The number of hydrogen-bond acceptors (Lipinski definition) is 4. The fourth-order valence-corrected chi connectivity index (χ4v) is 5.20. The number of nitrogens with zero attached hydrogens (tertiary/aromatic N) is 1. The number of nitrogens with one attached hydrogen (secondary N) is 2. The van der Waals surface area contributed by atoms with E-state index >= 15 is 0 Å². The van der Waals surface area contributed by atoms with E-state index in [2.05, 4.69) is 26.7 Å². The number of rotatable bonds is 3. The Kier molecular flexibility index (Phi) is 4.16. The zero-order chi connectivity index (χ0) is 16.5. The van der Waals surface area contributed by atoms with Crippen molar-refractivity contribution in [2.45, 2.75) is 18.6 Å². The Balaban J connectivity index is 1.62. The normalized spacial score (nSPS) is 16.6. The van der Waals surface area contributed by atoms with E-state index in [1.165, 1.54) is 10.4 Å². The largest absolute Gasteiger partial charge is 0.342 e. The van der Waals surface area contributed by atoms with Gasteiger partial charge in [0.25, 0.3) is 0 Å². The van der Waals surface area contributed by atoms with E-state index < -0.39 is 0 Å². The molecule has 2 aromatic heterocycles. The first-order valence-corrected chi connectivity index (χ1v) is 9.75. The molecule has 24 heavy (non-hydrogen) atoms. The van der Waals surface area contributed by atoms with E-state index in [0.29, 0.717) is 0 Å². The van der Waals surface area contributed by atoms with E-state index in [1.54, 1.807) is 29.3 Å². The number of benzene rings is 1. The molecule has 4 nitrogen and oxygen atoms in total. The van der Waals surface area contributed by atoms with Gasteiger partial charge in [-0.15, -0.1) is 23.1 Å². The van der Waals surface area contributed by atoms with Crippen molar-refractivity contribution < 1.29 is 4.79 Å². The highest BCUT2D eigenvalue weighted by Crippen LogP contribution is 2.40. The number of thioether (sulfide) groups is 1. The van der Waals surface area contributed by atoms with Crippen LogP contribution in [0.2, 0.25) is 0 Å². The summed E-state index contributed by atoms with van der Waals surface area (Å²) in [6, 6.07) is 9.86. The number of H-pyrrole nitrogens is 1. The Morgan fingerprint density at radius 1 is 1.33 bits per heavy atom. The second kappa shape index (κ2) is 6.45. The predicted octanol–water partition coefficient (Wildman–Crippen LogP) is 4.42. The molecule has 4 rings (SSSR count). The average Bonchev–Trinajstić information content (AvgIpc) is 3.23. The molecule has 3 aromatic rings. The molecule has 0 bridgehead atoms. The minimum absolute atomic E-state index is 0.0371. The van der Waals surface area contributed by atoms with Crippen molar-refractivity contribution in [2.24, 2.45) is 0 Å². The van der Waals surface area contributed by atoms with Crippen molar-refractivity contribution in [1.82, 2.24) is 9.97 Å². The van der Waals surface area contributed by atoms with Gasteiger partial charge in [-0.25, -0.2) is 4.98 Å². The fourth-order valence-electron chi connectivity index (χ4n) is 2.91. The van der Waals surface area contributed by atoms with Crippen LogP contribution in [0.1, 0.15) is 21.4 Å². The van der Waals surface area contributed by atoms with E-state index in [-0.39, 0.29) is 11.2 Å². The summed E-state index contributed by atoms with van der Waals surface area (Å²) in [6.07, 6.45) is 2.85. The molecule has 3 heterocycles. The van der Waals surface area contributed by atoms with Gasteiger partial charge in [0, 0.05) is 22.3 Å². The zero-order valence-corrected chi connectivity index (χ0v) is 14.8. The van der Waals surface area contributed by atoms with Gasteiger partial charge in [0.05, 0.1) is 5.69 Å². The Bertz CT molecular complexity index is 884. The Morgan fingerprint density at radius 3 is 3.04 bits per heavy atom. The highest BCUT2D eigenvalue weighted by Gasteiger charge is 2.28. The van der Waals surface area contributed by atoms with Crippen LogP contribution in [0.25, 0.3) is 11.4 Å². The highest BCUT2D eigenvalue weighted by atomic mass is 32.2. The number of fused-ring (bicyclic) bond motifs is 1. The van der Waals surface area contributed by atoms with Crippen molar-refractivity contribution in [2.75, 3.05) is 11.1 Å². The standard InChI is InChI=1S/C18H17N3OS2/c1-11-10-19-17(20-11)12-4-2-3-5-14(12)21-18(22)16-13-6-8-23-15(13)7-9-24-16/h2-6,8,10,16H,7,9H2,1H3,(H,19,20)(H,21,22). The number of aryl methyl sites for hydroxylation is 2. The van der Waals surface area contributed by atoms with Gasteiger partial charge >= 0.3 is 0 Å². The van der Waals surface area contributed by atoms with Gasteiger partial charge in [-0.1, -0.05) is 12.1 Å². The number of amides is 1. The quantitative estimate of drug-likeness (QED) is 0.731. The van der Waals surface area contributed by atoms with E-state index in [9.17, 15) is 4.79 Å². The molecule has 0 saturated heterocycles. The fraction of sp³-hybridized carbons (Fsp3) is 0.222. The third-order valence-electron chi connectivity index (χ3n) is 4.06. The lowest BCUT2D eigenvalue weighted by Crippen LogP contribution is -2.22. The maximum atomic E-state index is 12.9. The predicted molar refractivity (Wildman–Crippen MR) is 101 cm³/mol. The number of carbonyl (C=O) groups is 1. The monoisotopic (exact) mass is 355 g/mol. The number of carbonyl (C=O) groups excluding carboxylic acids is 1. The molecule has 1 aliphatic heterocycles. The topological polar surface area (TPSA) is 57.8 Å². The van der Waals surface area contributed by atoms with Gasteiger partial charge in [0.1, 0.15) is 11.1 Å². The molecule has 122 valence electrons. The lowest BCUT2D eigenvalue weighted by atomic mass is 10.1. The van der Waals surface area contributed by atoms with Crippen LogP contribution < -0.4 is 5.32 Å². The molecule has 1 amide bonds. The summed E-state index contributed by atoms with van der Waals surface area (Å²) in [5.41, 5.74) is 3.86. The number of aromatic nitrogens is 2. The maximum Gasteiger partial charge on any atom is 0.242 e. The molecule has 0 saturated carbocycles. The number of para-hydroxylation sites is 1. The Morgan fingerprint density at radius 2 is 2.21 bits per heavy atom. The van der Waals surface area contributed by atoms with Crippen molar-refractivity contribution in [3.05, 3.63) is 58.0 Å². The molecule has 0 aliphatic carbocycles. The zero-order valence-electron chi connectivity index (χ0n) is 13.2. The van der Waals surface area contributed by atoms with Crippen LogP contribution in [-0.4, -0.2) is 21.6 Å². The van der Waals surface area contributed by atoms with Crippen LogP contribution in [0, 0.1) is 6.92 Å². The third-order valence-corrected chi connectivity index (χ3v) is 6.29. The second-order valence-electron chi connectivity index (χ2n) is 5.75. The number of aromatic amines is 1. The lowest BCUT2D eigenvalue weighted by molar-refractivity contribution is -0.115. The Labute approximate surface area is 148 Å². The summed E-state index contributed by atoms with van der Waals surface area (Å²) in [5.74, 6) is 1.80. The molecule has 1 unspecified atom stereocenters. The molecular weight excluding hydrogens is 338 g/mol. The number of anilines is 1. The molecule has 0 fully saturated rings. The van der Waals surface area contributed by atoms with Gasteiger partial charge in [-0.05, 0) is 48.2 Å². The first-order chi connectivity index (χ1) is 11.7. The van der Waals surface area contributed by atoms with Gasteiger partial charge in [0.2, 0.25) is 5.91 Å². The first-order valence-electron chi connectivity index (χ1n) is 7.82. The van der Waals surface area contributed by atoms with Gasteiger partial charge in [0.15, 0.2) is 0 Å². The molecular formula is C18H17N3OS2. The van der Waals surface area contributed by atoms with Gasteiger partial charge in [-0.2, -0.15) is 0 Å². The minimum atomic E-state index is -0.133. The molecule has 0 spiro atoms. The van der Waals surface area contributed by atoms with Crippen molar-refractivity contribution >= 4 is 34.7 Å². The number of imidazole rings is 1. The molecule has 1 aliphatic rings. The van der Waals surface area contributed by atoms with Crippen LogP contribution in [-0.2, 0) is 11.2 Å². The SMILES string of the molecule is Cc1cnc(-c2ccccc2NC(=O)C2SCCc3sccc32)[nH]1. The molecule has 0 radical (unpaired) electrons. The maximum absolute atomic E-state index is 12.9. The van der Waals surface area contributed by atoms with Crippen LogP contribution in [0.15, 0.2) is 41.9 Å². The van der Waals surface area contributed by atoms with E-state index in [0.717, 1.165) is 34.9 Å². The molecule has 6 heteroatoms. The Hall–Kier alpha value is -2.05. The number of thiophene rings is 1. The summed E-state index contributed by atoms with van der Waals surface area (Å²) in [4.78, 5) is 21.8. The smallest absolute Gasteiger partial charge is 0.242 e. The van der Waals surface area contributed by atoms with Gasteiger partial charge < -0.3 is 10.3 Å². The van der Waals surface area contributed by atoms with Crippen molar-refractivity contribution in [3.8, 4) is 11.4 Å². The summed E-state index contributed by atoms with van der Waals surface area (Å²) in [6.45, 7) is 1.97. The van der Waals surface area contributed by atoms with Crippen molar-refractivity contribution in [1.29, 1.82) is 0 Å². The lowest BCUT2D eigenvalue weighted by Gasteiger charge is -2.22. The molecule has 1 atom stereocenters. The van der Waals surface area contributed by atoms with Crippen LogP contribution >= 0.6 is 23.1 Å². The summed E-state index contributed by atoms with van der Waals surface area (Å²) < 4.78 is 0. The van der Waals surface area contributed by atoms with Gasteiger partial charge in [-0.3, -0.25) is 4.79 Å². The van der Waals surface area contributed by atoms with Crippen LogP contribution in [0.5, 0.6) is 0 Å². The summed E-state index contributed by atoms with van der Waals surface area (Å²) in [5, 5.41) is 5.05. The minimum Gasteiger partial charge on any atom is -0.342 e. The second-order valence-corrected chi connectivity index (χ2v) is 7.96. The van der Waals surface area contributed by atoms with Crippen LogP contribution in [0.3, 0.4) is 0 Å². The van der Waals surface area contributed by atoms with E-state index in [1.807, 2.05) is 31.2 Å². The van der Waals surface area contributed by atoms with Crippen molar-refractivity contribution in [3.63, 3.8) is 0 Å². The first kappa shape index (κ1) is 15.5. The van der Waals surface area contributed by atoms with E-state index in [4.69, 9.17) is 0 Å². The molecule has 2 N–H and O–H groups in total. The third kappa shape index (κ3) is 2.87. The summed E-state index contributed by atoms with van der Waals surface area (Å²) >= 11 is 3.46. The average molecular weight is 355 g/mol.